The first-order chi connectivity index (χ1) is 7.66. The minimum atomic E-state index is -0.315. The summed E-state index contributed by atoms with van der Waals surface area (Å²) in [7, 11) is 0. The number of carbonyl (C=O) groups is 1. The number of nitrogens with zero attached hydrogens (tertiary/aromatic N) is 1. The highest BCUT2D eigenvalue weighted by molar-refractivity contribution is 6.34. The molecule has 0 atom stereocenters. The molecule has 0 unspecified atom stereocenters. The lowest BCUT2D eigenvalue weighted by Crippen LogP contribution is -2.12. The zero-order chi connectivity index (χ0) is 11.5. The molecule has 0 bridgehead atoms. The average Bonchev–Trinajstić information content (AvgIpc) is 2.76. The second-order valence-corrected chi connectivity index (χ2v) is 3.57. The van der Waals surface area contributed by atoms with Gasteiger partial charge in [0, 0.05) is 11.9 Å². The molecule has 0 fully saturated rings. The first kappa shape index (κ1) is 10.5. The largest absolute Gasteiger partial charge is 0.399 e. The third-order valence-corrected chi connectivity index (χ3v) is 2.31. The number of nitrogens with one attached hydrogen (secondary N) is 2. The second-order valence-electron chi connectivity index (χ2n) is 3.16. The number of aromatic nitrogens is 2. The van der Waals surface area contributed by atoms with Crippen molar-refractivity contribution in [3.63, 3.8) is 0 Å². The molecule has 0 spiro atoms. The molecule has 0 aliphatic carbocycles. The Morgan fingerprint density at radius 1 is 1.44 bits per heavy atom. The maximum atomic E-state index is 11.7. The van der Waals surface area contributed by atoms with Crippen LogP contribution >= 0.6 is 11.6 Å². The number of aromatic amines is 1. The van der Waals surface area contributed by atoms with E-state index in [1.807, 2.05) is 0 Å². The number of halogens is 1. The summed E-state index contributed by atoms with van der Waals surface area (Å²) in [5, 5.41) is 9.30. The average molecular weight is 237 g/mol. The third kappa shape index (κ3) is 2.14. The van der Waals surface area contributed by atoms with Crippen molar-refractivity contribution in [2.75, 3.05) is 11.1 Å². The lowest BCUT2D eigenvalue weighted by atomic mass is 10.2. The summed E-state index contributed by atoms with van der Waals surface area (Å²) in [5.41, 5.74) is 6.96. The zero-order valence-electron chi connectivity index (χ0n) is 8.20. The van der Waals surface area contributed by atoms with Crippen LogP contribution in [0, 0.1) is 0 Å². The first-order valence-electron chi connectivity index (χ1n) is 4.52. The van der Waals surface area contributed by atoms with E-state index < -0.39 is 0 Å². The summed E-state index contributed by atoms with van der Waals surface area (Å²) < 4.78 is 0. The quantitative estimate of drug-likeness (QED) is 0.697. The Bertz CT molecular complexity index is 510. The van der Waals surface area contributed by atoms with E-state index in [0.29, 0.717) is 22.1 Å². The van der Waals surface area contributed by atoms with Crippen molar-refractivity contribution in [2.45, 2.75) is 0 Å². The standard InChI is InChI=1S/C10H9ClN4O/c11-7-2-1-6(12)5-9(7)14-10(16)8-3-4-13-15-8/h1-5H,12H2,(H,13,15)(H,14,16). The van der Waals surface area contributed by atoms with E-state index in [0.717, 1.165) is 0 Å². The Kier molecular flexibility index (Phi) is 2.78. The molecule has 0 aliphatic rings. The van der Waals surface area contributed by atoms with Crippen molar-refractivity contribution in [3.05, 3.63) is 41.2 Å². The third-order valence-electron chi connectivity index (χ3n) is 1.98. The van der Waals surface area contributed by atoms with Gasteiger partial charge in [0.2, 0.25) is 0 Å². The van der Waals surface area contributed by atoms with Crippen molar-refractivity contribution in [3.8, 4) is 0 Å². The van der Waals surface area contributed by atoms with Gasteiger partial charge in [-0.05, 0) is 24.3 Å². The van der Waals surface area contributed by atoms with Gasteiger partial charge in [-0.2, -0.15) is 5.10 Å². The predicted molar refractivity (Wildman–Crippen MR) is 62.4 cm³/mol. The van der Waals surface area contributed by atoms with Crippen molar-refractivity contribution in [2.24, 2.45) is 0 Å². The van der Waals surface area contributed by atoms with Crippen LogP contribution in [0.4, 0.5) is 11.4 Å². The Morgan fingerprint density at radius 2 is 2.25 bits per heavy atom. The van der Waals surface area contributed by atoms with Crippen LogP contribution in [-0.4, -0.2) is 16.1 Å². The van der Waals surface area contributed by atoms with Gasteiger partial charge in [0.05, 0.1) is 10.7 Å². The van der Waals surface area contributed by atoms with Gasteiger partial charge in [0.25, 0.3) is 5.91 Å². The molecule has 0 radical (unpaired) electrons. The summed E-state index contributed by atoms with van der Waals surface area (Å²) >= 11 is 5.91. The van der Waals surface area contributed by atoms with Gasteiger partial charge >= 0.3 is 0 Å². The minimum absolute atomic E-state index is 0.315. The molecule has 1 heterocycles. The maximum Gasteiger partial charge on any atom is 0.273 e. The molecule has 2 aromatic rings. The molecule has 4 N–H and O–H groups in total. The SMILES string of the molecule is Nc1ccc(Cl)c(NC(=O)c2ccn[nH]2)c1. The Balaban J connectivity index is 2.21. The van der Waals surface area contributed by atoms with Gasteiger partial charge in [-0.25, -0.2) is 0 Å². The predicted octanol–water partition coefficient (Wildman–Crippen LogP) is 1.90. The fourth-order valence-corrected chi connectivity index (χ4v) is 1.38. The van der Waals surface area contributed by atoms with Gasteiger partial charge in [-0.1, -0.05) is 11.6 Å². The summed E-state index contributed by atoms with van der Waals surface area (Å²) in [6.45, 7) is 0. The van der Waals surface area contributed by atoms with Crippen molar-refractivity contribution >= 4 is 28.9 Å². The van der Waals surface area contributed by atoms with E-state index in [1.165, 1.54) is 6.20 Å². The van der Waals surface area contributed by atoms with Crippen LogP contribution in [0.5, 0.6) is 0 Å². The number of H-pyrrole nitrogens is 1. The monoisotopic (exact) mass is 236 g/mol. The van der Waals surface area contributed by atoms with Gasteiger partial charge in [-0.3, -0.25) is 9.89 Å². The Labute approximate surface area is 96.6 Å². The smallest absolute Gasteiger partial charge is 0.273 e. The van der Waals surface area contributed by atoms with Crippen LogP contribution in [0.25, 0.3) is 0 Å². The highest BCUT2D eigenvalue weighted by Crippen LogP contribution is 2.24. The summed E-state index contributed by atoms with van der Waals surface area (Å²) in [5.74, 6) is -0.315. The highest BCUT2D eigenvalue weighted by atomic mass is 35.5. The topological polar surface area (TPSA) is 83.8 Å². The zero-order valence-corrected chi connectivity index (χ0v) is 8.95. The van der Waals surface area contributed by atoms with E-state index in [-0.39, 0.29) is 5.91 Å². The second kappa shape index (κ2) is 4.24. The molecule has 0 saturated heterocycles. The van der Waals surface area contributed by atoms with E-state index >= 15 is 0 Å². The summed E-state index contributed by atoms with van der Waals surface area (Å²) in [6, 6.07) is 6.44. The van der Waals surface area contributed by atoms with Gasteiger partial charge in [0.15, 0.2) is 0 Å². The molecule has 82 valence electrons. The molecular formula is C10H9ClN4O. The Hall–Kier alpha value is -2.01. The number of carbonyl (C=O) groups excluding carboxylic acids is 1. The van der Waals surface area contributed by atoms with Crippen molar-refractivity contribution in [1.82, 2.24) is 10.2 Å². The molecule has 5 nitrogen and oxygen atoms in total. The van der Waals surface area contributed by atoms with Crippen LogP contribution in [0.15, 0.2) is 30.5 Å². The number of amides is 1. The maximum absolute atomic E-state index is 11.7. The normalized spacial score (nSPS) is 10.1. The lowest BCUT2D eigenvalue weighted by Gasteiger charge is -2.06. The molecule has 1 aromatic heterocycles. The number of rotatable bonds is 2. The van der Waals surface area contributed by atoms with Crippen molar-refractivity contribution < 1.29 is 4.79 Å². The summed E-state index contributed by atoms with van der Waals surface area (Å²) in [6.07, 6.45) is 1.50. The van der Waals surface area contributed by atoms with Crippen molar-refractivity contribution in [1.29, 1.82) is 0 Å². The Morgan fingerprint density at radius 3 is 2.94 bits per heavy atom. The number of hydrogen-bond acceptors (Lipinski definition) is 3. The van der Waals surface area contributed by atoms with Gasteiger partial charge < -0.3 is 11.1 Å². The van der Waals surface area contributed by atoms with E-state index in [1.54, 1.807) is 24.3 Å². The summed E-state index contributed by atoms with van der Waals surface area (Å²) in [4.78, 5) is 11.7. The molecule has 1 aromatic carbocycles. The van der Waals surface area contributed by atoms with E-state index in [9.17, 15) is 4.79 Å². The molecule has 6 heteroatoms. The number of benzene rings is 1. The van der Waals surface area contributed by atoms with Gasteiger partial charge in [-0.15, -0.1) is 0 Å². The van der Waals surface area contributed by atoms with Crippen LogP contribution in [0.2, 0.25) is 5.02 Å². The molecule has 0 saturated carbocycles. The van der Waals surface area contributed by atoms with Crippen LogP contribution in [-0.2, 0) is 0 Å². The van der Waals surface area contributed by atoms with Crippen LogP contribution in [0.1, 0.15) is 10.5 Å². The molecule has 0 aliphatic heterocycles. The number of anilines is 2. The van der Waals surface area contributed by atoms with Gasteiger partial charge in [0.1, 0.15) is 5.69 Å². The lowest BCUT2D eigenvalue weighted by molar-refractivity contribution is 0.102. The first-order valence-corrected chi connectivity index (χ1v) is 4.90. The van der Waals surface area contributed by atoms with E-state index in [2.05, 4.69) is 15.5 Å². The number of nitrogen functional groups attached to an aromatic ring is 1. The number of hydrogen-bond donors (Lipinski definition) is 3. The molecule has 1 amide bonds. The highest BCUT2D eigenvalue weighted by Gasteiger charge is 2.09. The minimum Gasteiger partial charge on any atom is -0.399 e. The molecule has 16 heavy (non-hydrogen) atoms. The molecule has 2 rings (SSSR count). The van der Waals surface area contributed by atoms with Crippen LogP contribution in [0.3, 0.4) is 0 Å². The fraction of sp³-hybridized carbons (Fsp3) is 0. The number of nitrogens with two attached hydrogens (primary N) is 1. The fourth-order valence-electron chi connectivity index (χ4n) is 1.21. The van der Waals surface area contributed by atoms with Crippen LogP contribution < -0.4 is 11.1 Å². The van der Waals surface area contributed by atoms with E-state index in [4.69, 9.17) is 17.3 Å². The molecular weight excluding hydrogens is 228 g/mol.